The number of hydrogen-bond acceptors (Lipinski definition) is 7. The van der Waals surface area contributed by atoms with Crippen LogP contribution in [-0.2, 0) is 14.8 Å². The monoisotopic (exact) mass is 394 g/mol. The molecule has 0 spiro atoms. The van der Waals surface area contributed by atoms with Crippen molar-refractivity contribution in [3.63, 3.8) is 0 Å². The second-order valence-corrected chi connectivity index (χ2v) is 8.42. The number of carbonyl (C=O) groups is 1. The lowest BCUT2D eigenvalue weighted by Crippen LogP contribution is -2.20. The van der Waals surface area contributed by atoms with Gasteiger partial charge in [-0.1, -0.05) is 6.07 Å². The van der Waals surface area contributed by atoms with E-state index in [0.717, 1.165) is 17.3 Å². The predicted molar refractivity (Wildman–Crippen MR) is 95.2 cm³/mol. The van der Waals surface area contributed by atoms with Gasteiger partial charge >= 0.3 is 0 Å². The number of thioether (sulfide) groups is 1. The summed E-state index contributed by atoms with van der Waals surface area (Å²) in [5.74, 6) is 0.850. The number of carbonyl (C=O) groups excluding carboxylic acids is 1. The van der Waals surface area contributed by atoms with Gasteiger partial charge in [0.25, 0.3) is 15.9 Å². The van der Waals surface area contributed by atoms with Crippen molar-refractivity contribution in [2.75, 3.05) is 6.79 Å². The van der Waals surface area contributed by atoms with E-state index < -0.39 is 15.9 Å². The lowest BCUT2D eigenvalue weighted by atomic mass is 10.2. The number of rotatable bonds is 3. The van der Waals surface area contributed by atoms with Crippen LogP contribution < -0.4 is 14.8 Å². The van der Waals surface area contributed by atoms with E-state index >= 15 is 0 Å². The number of nitrogens with one attached hydrogen (secondary N) is 1. The van der Waals surface area contributed by atoms with Gasteiger partial charge in [-0.3, -0.25) is 10.1 Å². The maximum Gasteiger partial charge on any atom is 0.285 e. The van der Waals surface area contributed by atoms with E-state index in [0.29, 0.717) is 16.4 Å². The fourth-order valence-electron chi connectivity index (χ4n) is 2.19. The van der Waals surface area contributed by atoms with E-state index in [-0.39, 0.29) is 16.9 Å². The zero-order chi connectivity index (χ0) is 17.4. The minimum absolute atomic E-state index is 0.0307. The highest BCUT2D eigenvalue weighted by molar-refractivity contribution is 8.19. The van der Waals surface area contributed by atoms with Gasteiger partial charge in [0.05, 0.1) is 4.91 Å². The highest BCUT2D eigenvalue weighted by Gasteiger charge is 2.27. The number of benzene rings is 1. The molecule has 128 valence electrons. The third-order valence-electron chi connectivity index (χ3n) is 3.34. The Hall–Kier alpha value is -2.30. The van der Waals surface area contributed by atoms with E-state index in [2.05, 4.69) is 9.71 Å². The summed E-state index contributed by atoms with van der Waals surface area (Å²) in [5, 5.41) is 5.64. The van der Waals surface area contributed by atoms with Crippen molar-refractivity contribution in [3.8, 4) is 11.5 Å². The number of fused-ring (bicyclic) bond motifs is 1. The molecule has 10 heteroatoms. The van der Waals surface area contributed by atoms with Gasteiger partial charge in [0.15, 0.2) is 16.7 Å². The van der Waals surface area contributed by atoms with Gasteiger partial charge in [0.2, 0.25) is 6.79 Å². The van der Waals surface area contributed by atoms with E-state index in [1.807, 2.05) is 0 Å². The summed E-state index contributed by atoms with van der Waals surface area (Å²) in [5.41, 5.74) is 0.740. The fraction of sp³-hybridized carbons (Fsp3) is 0.0667. The number of amidine groups is 1. The molecule has 1 amide bonds. The summed E-state index contributed by atoms with van der Waals surface area (Å²) in [6.07, 6.45) is 1.64. The third kappa shape index (κ3) is 3.28. The van der Waals surface area contributed by atoms with E-state index in [1.54, 1.807) is 29.7 Å². The second kappa shape index (κ2) is 6.21. The minimum Gasteiger partial charge on any atom is -0.454 e. The van der Waals surface area contributed by atoms with Gasteiger partial charge in [-0.15, -0.1) is 4.40 Å². The molecule has 0 radical (unpaired) electrons. The smallest absolute Gasteiger partial charge is 0.285 e. The van der Waals surface area contributed by atoms with Gasteiger partial charge in [-0.05, 0) is 47.0 Å². The number of sulfonamides is 1. The highest BCUT2D eigenvalue weighted by atomic mass is 32.2. The average molecular weight is 394 g/mol. The van der Waals surface area contributed by atoms with Crippen LogP contribution >= 0.6 is 23.1 Å². The van der Waals surface area contributed by atoms with Crippen molar-refractivity contribution in [2.45, 2.75) is 4.90 Å². The molecular formula is C15H10N2O5S3. The van der Waals surface area contributed by atoms with Gasteiger partial charge in [0, 0.05) is 5.38 Å². The van der Waals surface area contributed by atoms with Gasteiger partial charge in [-0.2, -0.15) is 19.8 Å². The molecule has 3 heterocycles. The first-order valence-electron chi connectivity index (χ1n) is 6.99. The first-order valence-corrected chi connectivity index (χ1v) is 10.2. The Balaban J connectivity index is 1.59. The quantitative estimate of drug-likeness (QED) is 0.804. The summed E-state index contributed by atoms with van der Waals surface area (Å²) < 4.78 is 38.5. The molecule has 4 rings (SSSR count). The molecule has 1 fully saturated rings. The Morgan fingerprint density at radius 1 is 1.20 bits per heavy atom. The van der Waals surface area contributed by atoms with Crippen LogP contribution in [0.15, 0.2) is 49.2 Å². The standard InChI is InChI=1S/C15H10N2O5S3/c18-14-13(6-9-1-2-11-12(5-9)22-8-21-11)24-15(16-14)17-25(19,20)10-3-4-23-7-10/h1-7H,8H2,(H,16,17,18). The molecule has 1 saturated heterocycles. The molecule has 0 aliphatic carbocycles. The van der Waals surface area contributed by atoms with Crippen LogP contribution in [0.1, 0.15) is 5.56 Å². The maximum atomic E-state index is 12.2. The Kier molecular flexibility index (Phi) is 4.02. The molecule has 0 bridgehead atoms. The molecule has 2 aliphatic rings. The second-order valence-electron chi connectivity index (χ2n) is 5.01. The Morgan fingerprint density at radius 2 is 2.04 bits per heavy atom. The Morgan fingerprint density at radius 3 is 2.84 bits per heavy atom. The van der Waals surface area contributed by atoms with Crippen LogP contribution in [0, 0.1) is 0 Å². The van der Waals surface area contributed by atoms with Crippen molar-refractivity contribution in [3.05, 3.63) is 45.5 Å². The number of thiophene rings is 1. The van der Waals surface area contributed by atoms with Gasteiger partial charge in [0.1, 0.15) is 4.90 Å². The summed E-state index contributed by atoms with van der Waals surface area (Å²) in [6, 6.07) is 6.75. The largest absolute Gasteiger partial charge is 0.454 e. The van der Waals surface area contributed by atoms with Crippen molar-refractivity contribution < 1.29 is 22.7 Å². The van der Waals surface area contributed by atoms with Crippen LogP contribution in [-0.4, -0.2) is 26.3 Å². The zero-order valence-corrected chi connectivity index (χ0v) is 14.9. The van der Waals surface area contributed by atoms with Crippen LogP contribution in [0.5, 0.6) is 11.5 Å². The molecule has 0 unspecified atom stereocenters. The SMILES string of the molecule is O=C1NC(=NS(=O)(=O)c2ccsc2)SC1=Cc1ccc2c(c1)OCO2. The van der Waals surface area contributed by atoms with Crippen molar-refractivity contribution in [1.82, 2.24) is 5.32 Å². The molecular weight excluding hydrogens is 384 g/mol. The van der Waals surface area contributed by atoms with Crippen LogP contribution in [0.4, 0.5) is 0 Å². The maximum absolute atomic E-state index is 12.2. The average Bonchev–Trinajstić information content (AvgIpc) is 3.29. The van der Waals surface area contributed by atoms with E-state index in [1.165, 1.54) is 22.8 Å². The molecule has 2 aromatic rings. The van der Waals surface area contributed by atoms with E-state index in [4.69, 9.17) is 9.47 Å². The molecule has 0 atom stereocenters. The minimum atomic E-state index is -3.83. The Bertz CT molecular complexity index is 1010. The van der Waals surface area contributed by atoms with Crippen LogP contribution in [0.2, 0.25) is 0 Å². The Labute approximate surface area is 151 Å². The first-order chi connectivity index (χ1) is 12.0. The number of amides is 1. The number of ether oxygens (including phenoxy) is 2. The fourth-order valence-corrected chi connectivity index (χ4v) is 5.19. The van der Waals surface area contributed by atoms with Crippen LogP contribution in [0.25, 0.3) is 6.08 Å². The zero-order valence-electron chi connectivity index (χ0n) is 12.5. The van der Waals surface area contributed by atoms with Gasteiger partial charge in [-0.25, -0.2) is 0 Å². The molecule has 1 aromatic carbocycles. The van der Waals surface area contributed by atoms with Gasteiger partial charge < -0.3 is 9.47 Å². The topological polar surface area (TPSA) is 94.1 Å². The molecule has 1 aromatic heterocycles. The molecule has 25 heavy (non-hydrogen) atoms. The lowest BCUT2D eigenvalue weighted by molar-refractivity contribution is -0.115. The summed E-state index contributed by atoms with van der Waals surface area (Å²) in [4.78, 5) is 12.5. The molecule has 1 N–H and O–H groups in total. The molecule has 2 aliphatic heterocycles. The summed E-state index contributed by atoms with van der Waals surface area (Å²) in [7, 11) is -3.83. The lowest BCUT2D eigenvalue weighted by Gasteiger charge is -1.98. The highest BCUT2D eigenvalue weighted by Crippen LogP contribution is 2.34. The number of hydrogen-bond donors (Lipinski definition) is 1. The normalized spacial score (nSPS) is 19.6. The summed E-state index contributed by atoms with van der Waals surface area (Å²) >= 11 is 2.23. The molecule has 7 nitrogen and oxygen atoms in total. The van der Waals surface area contributed by atoms with Crippen molar-refractivity contribution >= 4 is 50.3 Å². The van der Waals surface area contributed by atoms with E-state index in [9.17, 15) is 13.2 Å². The summed E-state index contributed by atoms with van der Waals surface area (Å²) in [6.45, 7) is 0.168. The van der Waals surface area contributed by atoms with Crippen molar-refractivity contribution in [1.29, 1.82) is 0 Å². The number of nitrogens with zero attached hydrogens (tertiary/aromatic N) is 1. The van der Waals surface area contributed by atoms with Crippen molar-refractivity contribution in [2.24, 2.45) is 4.40 Å². The molecule has 0 saturated carbocycles. The first kappa shape index (κ1) is 16.2. The van der Waals surface area contributed by atoms with Crippen LogP contribution in [0.3, 0.4) is 0 Å². The third-order valence-corrected chi connectivity index (χ3v) is 6.47. The predicted octanol–water partition coefficient (Wildman–Crippen LogP) is 2.43.